The zero-order valence-corrected chi connectivity index (χ0v) is 14.2. The normalized spacial score (nSPS) is 10.6. The minimum atomic E-state index is -0.125. The lowest BCUT2D eigenvalue weighted by Crippen LogP contribution is -2.14. The SMILES string of the molecule is CCc1cccc(NC(=O)c2c(C)nn(-c3ccccc3)c2C)c1. The number of nitrogens with one attached hydrogen (secondary N) is 1. The second kappa shape index (κ2) is 6.71. The predicted octanol–water partition coefficient (Wildman–Crippen LogP) is 4.30. The zero-order valence-electron chi connectivity index (χ0n) is 14.2. The van der Waals surface area contributed by atoms with E-state index in [2.05, 4.69) is 23.4 Å². The molecule has 0 aliphatic carbocycles. The van der Waals surface area contributed by atoms with E-state index in [1.54, 1.807) is 0 Å². The summed E-state index contributed by atoms with van der Waals surface area (Å²) in [5, 5.41) is 7.52. The fourth-order valence-electron chi connectivity index (χ4n) is 2.85. The van der Waals surface area contributed by atoms with E-state index < -0.39 is 0 Å². The van der Waals surface area contributed by atoms with Crippen molar-refractivity contribution in [3.63, 3.8) is 0 Å². The van der Waals surface area contributed by atoms with Crippen LogP contribution in [0.5, 0.6) is 0 Å². The molecule has 0 spiro atoms. The largest absolute Gasteiger partial charge is 0.322 e. The molecule has 0 saturated heterocycles. The highest BCUT2D eigenvalue weighted by Gasteiger charge is 2.19. The molecule has 0 bridgehead atoms. The molecule has 0 saturated carbocycles. The van der Waals surface area contributed by atoms with Crippen LogP contribution in [0.4, 0.5) is 5.69 Å². The Bertz CT molecular complexity index is 866. The van der Waals surface area contributed by atoms with Crippen molar-refractivity contribution in [3.8, 4) is 5.69 Å². The number of aryl methyl sites for hydroxylation is 2. The summed E-state index contributed by atoms with van der Waals surface area (Å²) in [5.74, 6) is -0.125. The van der Waals surface area contributed by atoms with E-state index in [4.69, 9.17) is 0 Å². The summed E-state index contributed by atoms with van der Waals surface area (Å²) >= 11 is 0. The number of hydrogen-bond acceptors (Lipinski definition) is 2. The van der Waals surface area contributed by atoms with Crippen molar-refractivity contribution in [1.82, 2.24) is 9.78 Å². The standard InChI is InChI=1S/C20H21N3O/c1-4-16-9-8-10-17(13-16)21-20(24)19-14(2)22-23(15(19)3)18-11-6-5-7-12-18/h5-13H,4H2,1-3H3,(H,21,24). The van der Waals surface area contributed by atoms with E-state index in [0.29, 0.717) is 5.56 Å². The molecule has 4 heteroatoms. The van der Waals surface area contributed by atoms with Gasteiger partial charge in [-0.15, -0.1) is 0 Å². The van der Waals surface area contributed by atoms with Crippen molar-refractivity contribution in [2.45, 2.75) is 27.2 Å². The van der Waals surface area contributed by atoms with Gasteiger partial charge >= 0.3 is 0 Å². The van der Waals surface area contributed by atoms with Crippen LogP contribution >= 0.6 is 0 Å². The first-order valence-electron chi connectivity index (χ1n) is 8.12. The van der Waals surface area contributed by atoms with E-state index in [0.717, 1.165) is 29.2 Å². The molecule has 3 rings (SSSR count). The first-order valence-corrected chi connectivity index (χ1v) is 8.12. The Morgan fingerprint density at radius 2 is 1.83 bits per heavy atom. The summed E-state index contributed by atoms with van der Waals surface area (Å²) in [6, 6.07) is 17.8. The van der Waals surface area contributed by atoms with Crippen LogP contribution in [-0.4, -0.2) is 15.7 Å². The summed E-state index contributed by atoms with van der Waals surface area (Å²) in [4.78, 5) is 12.7. The molecule has 122 valence electrons. The number of aromatic nitrogens is 2. The van der Waals surface area contributed by atoms with Gasteiger partial charge in [0.05, 0.1) is 22.6 Å². The van der Waals surface area contributed by atoms with Gasteiger partial charge in [-0.25, -0.2) is 4.68 Å². The molecule has 1 aromatic heterocycles. The van der Waals surface area contributed by atoms with Gasteiger partial charge in [0, 0.05) is 5.69 Å². The van der Waals surface area contributed by atoms with E-state index in [1.165, 1.54) is 5.56 Å². The minimum Gasteiger partial charge on any atom is -0.322 e. The van der Waals surface area contributed by atoms with Gasteiger partial charge in [-0.2, -0.15) is 5.10 Å². The fourth-order valence-corrected chi connectivity index (χ4v) is 2.85. The number of anilines is 1. The molecule has 24 heavy (non-hydrogen) atoms. The van der Waals surface area contributed by atoms with Gasteiger partial charge in [-0.3, -0.25) is 4.79 Å². The van der Waals surface area contributed by atoms with Gasteiger partial charge in [0.25, 0.3) is 5.91 Å². The lowest BCUT2D eigenvalue weighted by Gasteiger charge is -2.08. The number of nitrogens with zero attached hydrogens (tertiary/aromatic N) is 2. The van der Waals surface area contributed by atoms with Gasteiger partial charge in [-0.1, -0.05) is 37.3 Å². The van der Waals surface area contributed by atoms with Crippen LogP contribution in [0.2, 0.25) is 0 Å². The number of para-hydroxylation sites is 1. The monoisotopic (exact) mass is 319 g/mol. The Labute approximate surface area is 142 Å². The van der Waals surface area contributed by atoms with Crippen LogP contribution in [0.3, 0.4) is 0 Å². The molecular formula is C20H21N3O. The summed E-state index contributed by atoms with van der Waals surface area (Å²) in [7, 11) is 0. The van der Waals surface area contributed by atoms with Crippen LogP contribution in [0.15, 0.2) is 54.6 Å². The molecule has 1 heterocycles. The topological polar surface area (TPSA) is 46.9 Å². The highest BCUT2D eigenvalue weighted by molar-refractivity contribution is 6.06. The number of hydrogen-bond donors (Lipinski definition) is 1. The number of carbonyl (C=O) groups is 1. The highest BCUT2D eigenvalue weighted by Crippen LogP contribution is 2.20. The van der Waals surface area contributed by atoms with Crippen LogP contribution in [0.1, 0.15) is 34.2 Å². The Kier molecular flexibility index (Phi) is 4.47. The van der Waals surface area contributed by atoms with Crippen LogP contribution in [0, 0.1) is 13.8 Å². The van der Waals surface area contributed by atoms with Crippen molar-refractivity contribution >= 4 is 11.6 Å². The van der Waals surface area contributed by atoms with Gasteiger partial charge in [0.15, 0.2) is 0 Å². The third-order valence-electron chi connectivity index (χ3n) is 4.11. The molecule has 0 atom stereocenters. The second-order valence-electron chi connectivity index (χ2n) is 5.80. The average molecular weight is 319 g/mol. The molecule has 3 aromatic rings. The Balaban J connectivity index is 1.92. The zero-order chi connectivity index (χ0) is 17.1. The molecule has 0 unspecified atom stereocenters. The van der Waals surface area contributed by atoms with Gasteiger partial charge in [0.1, 0.15) is 0 Å². The van der Waals surface area contributed by atoms with Crippen molar-refractivity contribution in [2.75, 3.05) is 5.32 Å². The first-order chi connectivity index (χ1) is 11.6. The van der Waals surface area contributed by atoms with Crippen molar-refractivity contribution in [2.24, 2.45) is 0 Å². The molecule has 0 aliphatic heterocycles. The predicted molar refractivity (Wildman–Crippen MR) is 96.8 cm³/mol. The smallest absolute Gasteiger partial charge is 0.259 e. The van der Waals surface area contributed by atoms with E-state index in [9.17, 15) is 4.79 Å². The fraction of sp³-hybridized carbons (Fsp3) is 0.200. The highest BCUT2D eigenvalue weighted by atomic mass is 16.1. The number of benzene rings is 2. The van der Waals surface area contributed by atoms with E-state index in [-0.39, 0.29) is 5.91 Å². The van der Waals surface area contributed by atoms with Gasteiger partial charge in [0.2, 0.25) is 0 Å². The Morgan fingerprint density at radius 3 is 2.54 bits per heavy atom. The molecule has 0 fully saturated rings. The molecule has 0 radical (unpaired) electrons. The Hall–Kier alpha value is -2.88. The summed E-state index contributed by atoms with van der Waals surface area (Å²) in [6.07, 6.45) is 0.938. The molecule has 4 nitrogen and oxygen atoms in total. The summed E-state index contributed by atoms with van der Waals surface area (Å²) < 4.78 is 1.81. The number of rotatable bonds is 4. The maximum Gasteiger partial charge on any atom is 0.259 e. The van der Waals surface area contributed by atoms with Crippen LogP contribution < -0.4 is 5.32 Å². The van der Waals surface area contributed by atoms with Crippen molar-refractivity contribution in [1.29, 1.82) is 0 Å². The minimum absolute atomic E-state index is 0.125. The Morgan fingerprint density at radius 1 is 1.08 bits per heavy atom. The second-order valence-corrected chi connectivity index (χ2v) is 5.80. The van der Waals surface area contributed by atoms with Crippen molar-refractivity contribution in [3.05, 3.63) is 77.1 Å². The number of amides is 1. The molecule has 0 aliphatic rings. The lowest BCUT2D eigenvalue weighted by molar-refractivity contribution is 0.102. The lowest BCUT2D eigenvalue weighted by atomic mass is 10.1. The third-order valence-corrected chi connectivity index (χ3v) is 4.11. The molecular weight excluding hydrogens is 298 g/mol. The molecule has 1 N–H and O–H groups in total. The van der Waals surface area contributed by atoms with Gasteiger partial charge in [-0.05, 0) is 50.1 Å². The third kappa shape index (κ3) is 3.08. The average Bonchev–Trinajstić information content (AvgIpc) is 2.90. The van der Waals surface area contributed by atoms with Crippen LogP contribution in [-0.2, 0) is 6.42 Å². The van der Waals surface area contributed by atoms with Crippen LogP contribution in [0.25, 0.3) is 5.69 Å². The summed E-state index contributed by atoms with van der Waals surface area (Å²) in [6.45, 7) is 5.88. The summed E-state index contributed by atoms with van der Waals surface area (Å²) in [5.41, 5.74) is 5.14. The maximum atomic E-state index is 12.7. The van der Waals surface area contributed by atoms with Crippen molar-refractivity contribution < 1.29 is 4.79 Å². The van der Waals surface area contributed by atoms with E-state index >= 15 is 0 Å². The maximum absolute atomic E-state index is 12.7. The number of carbonyl (C=O) groups excluding carboxylic acids is 1. The quantitative estimate of drug-likeness (QED) is 0.779. The molecule has 2 aromatic carbocycles. The first kappa shape index (κ1) is 16.0. The van der Waals surface area contributed by atoms with Gasteiger partial charge < -0.3 is 5.32 Å². The van der Waals surface area contributed by atoms with E-state index in [1.807, 2.05) is 67.1 Å². The molecule has 1 amide bonds.